The van der Waals surface area contributed by atoms with Crippen LogP contribution in [0, 0.1) is 5.82 Å². The fourth-order valence-electron chi connectivity index (χ4n) is 3.27. The summed E-state index contributed by atoms with van der Waals surface area (Å²) in [6.45, 7) is 1.61. The Balaban J connectivity index is 1.80. The van der Waals surface area contributed by atoms with Crippen LogP contribution in [0.3, 0.4) is 0 Å². The standard InChI is InChI=1S/C22H18FN3O3S/c1-12(27)13-4-6-18(23)17(7-13)15-9-24-22(25-10-15)26-11-20(30-2)16-5-3-14(21(28)29)8-19(16)26/h3-12,27H,1-2H3,(H,28,29). The molecule has 0 amide bonds. The van der Waals surface area contributed by atoms with Gasteiger partial charge in [-0.15, -0.1) is 11.8 Å². The first kappa shape index (κ1) is 20.1. The van der Waals surface area contributed by atoms with Gasteiger partial charge in [0.05, 0.1) is 17.2 Å². The zero-order valence-electron chi connectivity index (χ0n) is 16.2. The molecule has 1 atom stereocenters. The first-order valence-electron chi connectivity index (χ1n) is 9.11. The van der Waals surface area contributed by atoms with E-state index in [4.69, 9.17) is 0 Å². The number of carboxylic acid groups (broad SMARTS) is 1. The Morgan fingerprint density at radius 2 is 1.90 bits per heavy atom. The van der Waals surface area contributed by atoms with Crippen LogP contribution >= 0.6 is 11.8 Å². The van der Waals surface area contributed by atoms with Crippen molar-refractivity contribution >= 4 is 28.6 Å². The van der Waals surface area contributed by atoms with Crippen molar-refractivity contribution in [1.82, 2.24) is 14.5 Å². The lowest BCUT2D eigenvalue weighted by Crippen LogP contribution is -2.02. The highest BCUT2D eigenvalue weighted by molar-refractivity contribution is 7.98. The topological polar surface area (TPSA) is 88.2 Å². The molecule has 0 fully saturated rings. The van der Waals surface area contributed by atoms with Crippen molar-refractivity contribution in [3.63, 3.8) is 0 Å². The van der Waals surface area contributed by atoms with Gasteiger partial charge in [-0.1, -0.05) is 12.1 Å². The number of benzene rings is 2. The van der Waals surface area contributed by atoms with Gasteiger partial charge < -0.3 is 10.2 Å². The number of aliphatic hydroxyl groups excluding tert-OH is 1. The van der Waals surface area contributed by atoms with Gasteiger partial charge in [0.1, 0.15) is 5.82 Å². The number of carbonyl (C=O) groups is 1. The van der Waals surface area contributed by atoms with Gasteiger partial charge in [0.15, 0.2) is 0 Å². The number of thioether (sulfide) groups is 1. The number of rotatable bonds is 5. The second kappa shape index (κ2) is 7.89. The fourth-order valence-corrected chi connectivity index (χ4v) is 3.87. The van der Waals surface area contributed by atoms with Crippen LogP contribution in [0.25, 0.3) is 28.0 Å². The molecule has 0 saturated heterocycles. The molecule has 8 heteroatoms. The lowest BCUT2D eigenvalue weighted by atomic mass is 10.0. The fraction of sp³-hybridized carbons (Fsp3) is 0.136. The number of carboxylic acids is 1. The van der Waals surface area contributed by atoms with Gasteiger partial charge in [-0.2, -0.15) is 0 Å². The number of fused-ring (bicyclic) bond motifs is 1. The molecule has 0 saturated carbocycles. The quantitative estimate of drug-likeness (QED) is 0.453. The van der Waals surface area contributed by atoms with Crippen LogP contribution in [0.5, 0.6) is 0 Å². The summed E-state index contributed by atoms with van der Waals surface area (Å²) in [5.74, 6) is -1.10. The van der Waals surface area contributed by atoms with Gasteiger partial charge in [0.2, 0.25) is 5.95 Å². The Morgan fingerprint density at radius 3 is 2.53 bits per heavy atom. The minimum Gasteiger partial charge on any atom is -0.478 e. The maximum absolute atomic E-state index is 14.3. The zero-order valence-corrected chi connectivity index (χ0v) is 17.0. The van der Waals surface area contributed by atoms with Crippen LogP contribution in [0.2, 0.25) is 0 Å². The summed E-state index contributed by atoms with van der Waals surface area (Å²) >= 11 is 1.54. The molecule has 2 aromatic heterocycles. The minimum atomic E-state index is -1.01. The van der Waals surface area contributed by atoms with Crippen molar-refractivity contribution in [2.24, 2.45) is 0 Å². The van der Waals surface area contributed by atoms with Crippen molar-refractivity contribution in [1.29, 1.82) is 0 Å². The summed E-state index contributed by atoms with van der Waals surface area (Å²) in [7, 11) is 0. The summed E-state index contributed by atoms with van der Waals surface area (Å²) in [6, 6.07) is 9.34. The van der Waals surface area contributed by atoms with Crippen LogP contribution in [-0.4, -0.2) is 37.0 Å². The van der Waals surface area contributed by atoms with Gasteiger partial charge in [0.25, 0.3) is 0 Å². The number of nitrogens with zero attached hydrogens (tertiary/aromatic N) is 3. The van der Waals surface area contributed by atoms with Gasteiger partial charge >= 0.3 is 5.97 Å². The van der Waals surface area contributed by atoms with E-state index in [-0.39, 0.29) is 5.56 Å². The first-order chi connectivity index (χ1) is 14.4. The molecule has 4 rings (SSSR count). The van der Waals surface area contributed by atoms with Gasteiger partial charge in [-0.3, -0.25) is 4.57 Å². The Labute approximate surface area is 176 Å². The number of aliphatic hydroxyl groups is 1. The predicted octanol–water partition coefficient (Wildman–Crippen LogP) is 4.70. The average molecular weight is 423 g/mol. The normalized spacial score (nSPS) is 12.3. The van der Waals surface area contributed by atoms with Gasteiger partial charge in [0, 0.05) is 40.0 Å². The molecular weight excluding hydrogens is 405 g/mol. The lowest BCUT2D eigenvalue weighted by molar-refractivity contribution is 0.0697. The molecule has 4 aromatic rings. The largest absolute Gasteiger partial charge is 0.478 e. The molecule has 30 heavy (non-hydrogen) atoms. The highest BCUT2D eigenvalue weighted by Crippen LogP contribution is 2.31. The Morgan fingerprint density at radius 1 is 1.17 bits per heavy atom. The Bertz CT molecular complexity index is 1250. The Kier molecular flexibility index (Phi) is 5.27. The summed E-state index contributed by atoms with van der Waals surface area (Å²) in [6.07, 6.45) is 6.09. The summed E-state index contributed by atoms with van der Waals surface area (Å²) in [5.41, 5.74) is 2.22. The molecule has 2 aromatic carbocycles. The average Bonchev–Trinajstić information content (AvgIpc) is 3.12. The number of hydrogen-bond acceptors (Lipinski definition) is 5. The molecule has 0 radical (unpaired) electrons. The number of hydrogen-bond donors (Lipinski definition) is 2. The van der Waals surface area contributed by atoms with Crippen LogP contribution in [0.1, 0.15) is 28.9 Å². The molecule has 0 spiro atoms. The SMILES string of the molecule is CSc1cn(-c2ncc(-c3cc(C(C)O)ccc3F)cn2)c2cc(C(=O)O)ccc12. The third-order valence-electron chi connectivity index (χ3n) is 4.87. The summed E-state index contributed by atoms with van der Waals surface area (Å²) in [5, 5.41) is 20.0. The van der Waals surface area contributed by atoms with E-state index in [9.17, 15) is 19.4 Å². The van der Waals surface area contributed by atoms with Crippen molar-refractivity contribution in [3.05, 3.63) is 71.9 Å². The molecule has 2 heterocycles. The van der Waals surface area contributed by atoms with E-state index in [0.29, 0.717) is 28.2 Å². The van der Waals surface area contributed by atoms with Gasteiger partial charge in [-0.25, -0.2) is 19.2 Å². The molecule has 0 aliphatic rings. The van der Waals surface area contributed by atoms with E-state index in [0.717, 1.165) is 10.3 Å². The van der Waals surface area contributed by atoms with Crippen molar-refractivity contribution < 1.29 is 19.4 Å². The molecule has 6 nitrogen and oxygen atoms in total. The second-order valence-electron chi connectivity index (χ2n) is 6.79. The highest BCUT2D eigenvalue weighted by Gasteiger charge is 2.15. The van der Waals surface area contributed by atoms with E-state index in [1.807, 2.05) is 12.5 Å². The summed E-state index contributed by atoms with van der Waals surface area (Å²) in [4.78, 5) is 21.1. The summed E-state index contributed by atoms with van der Waals surface area (Å²) < 4.78 is 16.0. The van der Waals surface area contributed by atoms with Crippen LogP contribution < -0.4 is 0 Å². The van der Waals surface area contributed by atoms with Crippen LogP contribution in [-0.2, 0) is 0 Å². The first-order valence-corrected chi connectivity index (χ1v) is 10.3. The van der Waals surface area contributed by atoms with Gasteiger partial charge in [-0.05, 0) is 43.0 Å². The Hall–Kier alpha value is -3.23. The third-order valence-corrected chi connectivity index (χ3v) is 5.64. The van der Waals surface area contributed by atoms with E-state index in [1.165, 1.54) is 36.3 Å². The molecule has 1 unspecified atom stereocenters. The van der Waals surface area contributed by atoms with Crippen molar-refractivity contribution in [3.8, 4) is 17.1 Å². The van der Waals surface area contributed by atoms with E-state index in [1.54, 1.807) is 35.8 Å². The molecule has 0 aliphatic heterocycles. The lowest BCUT2D eigenvalue weighted by Gasteiger charge is -2.10. The van der Waals surface area contributed by atoms with Crippen molar-refractivity contribution in [2.45, 2.75) is 17.9 Å². The van der Waals surface area contributed by atoms with E-state index < -0.39 is 17.9 Å². The maximum atomic E-state index is 14.3. The minimum absolute atomic E-state index is 0.170. The molecular formula is C22H18FN3O3S. The van der Waals surface area contributed by atoms with Crippen LogP contribution in [0.4, 0.5) is 4.39 Å². The second-order valence-corrected chi connectivity index (χ2v) is 7.64. The number of aromatic nitrogens is 3. The highest BCUT2D eigenvalue weighted by atomic mass is 32.2. The van der Waals surface area contributed by atoms with Crippen molar-refractivity contribution in [2.75, 3.05) is 6.26 Å². The van der Waals surface area contributed by atoms with E-state index >= 15 is 0 Å². The number of aromatic carboxylic acids is 1. The van der Waals surface area contributed by atoms with Crippen LogP contribution in [0.15, 0.2) is 59.9 Å². The number of halogens is 1. The monoisotopic (exact) mass is 423 g/mol. The maximum Gasteiger partial charge on any atom is 0.335 e. The predicted molar refractivity (Wildman–Crippen MR) is 114 cm³/mol. The smallest absolute Gasteiger partial charge is 0.335 e. The molecule has 0 aliphatic carbocycles. The molecule has 2 N–H and O–H groups in total. The third kappa shape index (κ3) is 3.55. The van der Waals surface area contributed by atoms with E-state index in [2.05, 4.69) is 9.97 Å². The molecule has 0 bridgehead atoms. The zero-order chi connectivity index (χ0) is 21.4. The molecule has 152 valence electrons.